The number of amides is 2. The number of H-pyrrole nitrogens is 1. The lowest BCUT2D eigenvalue weighted by molar-refractivity contribution is -0.127. The quantitative estimate of drug-likeness (QED) is 0.329. The Morgan fingerprint density at radius 3 is 2.78 bits per heavy atom. The van der Waals surface area contributed by atoms with Crippen molar-refractivity contribution < 1.29 is 23.5 Å². The zero-order valence-electron chi connectivity index (χ0n) is 19.8. The van der Waals surface area contributed by atoms with E-state index in [0.717, 1.165) is 6.07 Å². The molecule has 0 bridgehead atoms. The third kappa shape index (κ3) is 6.04. The minimum Gasteiger partial charge on any atom is -0.497 e. The van der Waals surface area contributed by atoms with E-state index in [4.69, 9.17) is 21.1 Å². The molecule has 194 valence electrons. The van der Waals surface area contributed by atoms with Crippen LogP contribution in [0.3, 0.4) is 0 Å². The molecule has 4 rings (SSSR count). The first-order chi connectivity index (χ1) is 17.8. The Kier molecular flexibility index (Phi) is 7.99. The molecule has 1 saturated heterocycles. The van der Waals surface area contributed by atoms with Gasteiger partial charge in [-0.05, 0) is 24.3 Å². The van der Waals surface area contributed by atoms with Gasteiger partial charge in [0.2, 0.25) is 5.91 Å². The van der Waals surface area contributed by atoms with Crippen molar-refractivity contribution in [1.29, 1.82) is 0 Å². The summed E-state index contributed by atoms with van der Waals surface area (Å²) >= 11 is 6.39. The Morgan fingerprint density at radius 2 is 2.11 bits per heavy atom. The second-order valence-electron chi connectivity index (χ2n) is 8.29. The highest BCUT2D eigenvalue weighted by atomic mass is 35.5. The van der Waals surface area contributed by atoms with Gasteiger partial charge in [0.25, 0.3) is 11.5 Å². The minimum atomic E-state index is -1.33. The van der Waals surface area contributed by atoms with Gasteiger partial charge in [-0.1, -0.05) is 11.6 Å². The molecule has 0 radical (unpaired) electrons. The molecule has 0 spiro atoms. The molecule has 0 unspecified atom stereocenters. The summed E-state index contributed by atoms with van der Waals surface area (Å²) in [4.78, 5) is 41.5. The van der Waals surface area contributed by atoms with Crippen LogP contribution in [0.4, 0.5) is 15.8 Å². The normalized spacial score (nSPS) is 16.7. The maximum absolute atomic E-state index is 13.4. The van der Waals surface area contributed by atoms with Crippen molar-refractivity contribution in [3.05, 3.63) is 74.9 Å². The molecule has 11 nitrogen and oxygen atoms in total. The van der Waals surface area contributed by atoms with Crippen molar-refractivity contribution in [2.45, 2.75) is 25.2 Å². The van der Waals surface area contributed by atoms with Gasteiger partial charge in [-0.25, -0.2) is 9.49 Å². The molecular formula is C24H24ClFN6O5. The number of benzene rings is 1. The van der Waals surface area contributed by atoms with Gasteiger partial charge in [0.05, 0.1) is 54.6 Å². The van der Waals surface area contributed by atoms with Crippen LogP contribution in [0, 0.1) is 0 Å². The monoisotopic (exact) mass is 530 g/mol. The van der Waals surface area contributed by atoms with E-state index in [1.54, 1.807) is 24.3 Å². The molecule has 13 heteroatoms. The molecule has 0 aliphatic carbocycles. The number of methoxy groups -OCH3 is 1. The van der Waals surface area contributed by atoms with E-state index < -0.39 is 29.6 Å². The summed E-state index contributed by atoms with van der Waals surface area (Å²) in [6.45, 7) is -0.471. The first kappa shape index (κ1) is 26.0. The van der Waals surface area contributed by atoms with Crippen molar-refractivity contribution in [2.75, 3.05) is 25.6 Å². The Labute approximate surface area is 215 Å². The van der Waals surface area contributed by atoms with Crippen molar-refractivity contribution in [1.82, 2.24) is 25.8 Å². The van der Waals surface area contributed by atoms with Gasteiger partial charge >= 0.3 is 0 Å². The van der Waals surface area contributed by atoms with Gasteiger partial charge in [0, 0.05) is 30.3 Å². The fourth-order valence-electron chi connectivity index (χ4n) is 3.77. The van der Waals surface area contributed by atoms with Gasteiger partial charge in [-0.15, -0.1) is 0 Å². The predicted molar refractivity (Wildman–Crippen MR) is 133 cm³/mol. The van der Waals surface area contributed by atoms with E-state index in [9.17, 15) is 18.8 Å². The number of alkyl halides is 1. The Bertz CT molecular complexity index is 1360. The van der Waals surface area contributed by atoms with Crippen LogP contribution >= 0.6 is 11.6 Å². The first-order valence-electron chi connectivity index (χ1n) is 11.2. The molecule has 37 heavy (non-hydrogen) atoms. The lowest BCUT2D eigenvalue weighted by Gasteiger charge is -2.27. The van der Waals surface area contributed by atoms with Crippen LogP contribution in [0.25, 0.3) is 0 Å². The fraction of sp³-hybridized carbons (Fsp3) is 0.292. The topological polar surface area (TPSA) is 147 Å². The lowest BCUT2D eigenvalue weighted by Crippen LogP contribution is -2.59. The molecule has 3 aromatic rings. The number of nitrogens with zero attached hydrogens (tertiary/aromatic N) is 2. The Morgan fingerprint density at radius 1 is 1.27 bits per heavy atom. The van der Waals surface area contributed by atoms with E-state index in [-0.39, 0.29) is 36.8 Å². The maximum Gasteiger partial charge on any atom is 0.264 e. The summed E-state index contributed by atoms with van der Waals surface area (Å²) in [6, 6.07) is 7.68. The van der Waals surface area contributed by atoms with E-state index >= 15 is 0 Å². The fourth-order valence-corrected chi connectivity index (χ4v) is 4.01. The summed E-state index contributed by atoms with van der Waals surface area (Å²) in [5, 5.41) is 14.6. The summed E-state index contributed by atoms with van der Waals surface area (Å²) in [5.41, 5.74) is 0.0130. The van der Waals surface area contributed by atoms with Crippen molar-refractivity contribution in [3.8, 4) is 5.75 Å². The van der Waals surface area contributed by atoms with E-state index in [1.165, 1.54) is 19.5 Å². The van der Waals surface area contributed by atoms with Gasteiger partial charge in [-0.3, -0.25) is 19.4 Å². The molecule has 1 fully saturated rings. The highest BCUT2D eigenvalue weighted by Crippen LogP contribution is 2.28. The largest absolute Gasteiger partial charge is 0.497 e. The highest BCUT2D eigenvalue weighted by molar-refractivity contribution is 6.31. The number of rotatable bonds is 9. The number of anilines is 2. The zero-order valence-corrected chi connectivity index (χ0v) is 20.5. The number of pyridine rings is 1. The lowest BCUT2D eigenvalue weighted by atomic mass is 9.96. The van der Waals surface area contributed by atoms with Crippen LogP contribution in [0.2, 0.25) is 5.02 Å². The predicted octanol–water partition coefficient (Wildman–Crippen LogP) is 2.25. The van der Waals surface area contributed by atoms with Gasteiger partial charge < -0.3 is 25.4 Å². The summed E-state index contributed by atoms with van der Waals surface area (Å²) < 4.78 is 24.0. The number of ether oxygens (including phenoxy) is 2. The molecule has 0 saturated carbocycles. The van der Waals surface area contributed by atoms with Gasteiger partial charge in [0.15, 0.2) is 0 Å². The SMILES string of the molecule is COc1ccc(Nc2cnc(CNC(=O)[C@]3(NC(=O)c4cn[nH]c(=O)c4)CCOC3)c(Cl)c2)c(CF)c1. The number of carbonyl (C=O) groups is 2. The summed E-state index contributed by atoms with van der Waals surface area (Å²) in [6.07, 6.45) is 2.94. The number of hydrogen-bond acceptors (Lipinski definition) is 8. The second-order valence-corrected chi connectivity index (χ2v) is 8.70. The number of hydrogen-bond donors (Lipinski definition) is 4. The highest BCUT2D eigenvalue weighted by Gasteiger charge is 2.43. The number of aromatic amines is 1. The average Bonchev–Trinajstić information content (AvgIpc) is 3.38. The Hall–Kier alpha value is -4.03. The molecule has 1 aliphatic rings. The van der Waals surface area contributed by atoms with Crippen LogP contribution in [0.15, 0.2) is 47.5 Å². The molecule has 2 aromatic heterocycles. The number of halogens is 2. The third-order valence-electron chi connectivity index (χ3n) is 5.81. The van der Waals surface area contributed by atoms with Crippen molar-refractivity contribution in [3.63, 3.8) is 0 Å². The van der Waals surface area contributed by atoms with Gasteiger partial charge in [0.1, 0.15) is 18.0 Å². The van der Waals surface area contributed by atoms with Gasteiger partial charge in [-0.2, -0.15) is 5.10 Å². The number of nitrogens with one attached hydrogen (secondary N) is 4. The summed E-state index contributed by atoms with van der Waals surface area (Å²) in [7, 11) is 1.50. The number of aromatic nitrogens is 3. The van der Waals surface area contributed by atoms with E-state index in [1.807, 2.05) is 0 Å². The van der Waals surface area contributed by atoms with Crippen LogP contribution in [-0.2, 0) is 22.8 Å². The van der Waals surface area contributed by atoms with E-state index in [2.05, 4.69) is 31.1 Å². The zero-order chi connectivity index (χ0) is 26.4. The number of carbonyl (C=O) groups excluding carboxylic acids is 2. The maximum atomic E-state index is 13.4. The Balaban J connectivity index is 1.42. The smallest absolute Gasteiger partial charge is 0.264 e. The summed E-state index contributed by atoms with van der Waals surface area (Å²) in [5.74, 6) is -0.574. The van der Waals surface area contributed by atoms with E-state index in [0.29, 0.717) is 28.4 Å². The molecule has 1 aliphatic heterocycles. The molecule has 4 N–H and O–H groups in total. The second kappa shape index (κ2) is 11.4. The van der Waals surface area contributed by atoms with Crippen LogP contribution in [0.1, 0.15) is 28.0 Å². The average molecular weight is 531 g/mol. The molecule has 1 aromatic carbocycles. The minimum absolute atomic E-state index is 0.0135. The van der Waals surface area contributed by atoms with Crippen LogP contribution in [-0.4, -0.2) is 52.9 Å². The third-order valence-corrected chi connectivity index (χ3v) is 6.13. The molecule has 2 amide bonds. The van der Waals surface area contributed by atoms with Crippen molar-refractivity contribution in [2.24, 2.45) is 0 Å². The molecular weight excluding hydrogens is 507 g/mol. The van der Waals surface area contributed by atoms with Crippen LogP contribution in [0.5, 0.6) is 5.75 Å². The molecule has 3 heterocycles. The first-order valence-corrected chi connectivity index (χ1v) is 11.6. The van der Waals surface area contributed by atoms with Crippen molar-refractivity contribution >= 4 is 34.8 Å². The van der Waals surface area contributed by atoms with Crippen LogP contribution < -0.4 is 26.2 Å². The standard InChI is InChI=1S/C24H24ClFN6O5/c1-36-17-2-3-19(14(6-17)9-26)30-16-8-18(25)20(27-11-16)12-28-23(35)24(4-5-37-13-24)31-22(34)15-7-21(33)32-29-10-15/h2-3,6-8,10-11,30H,4-5,9,12-13H2,1H3,(H,28,35)(H,31,34)(H,32,33)/t24-/m0/s1. The molecule has 1 atom stereocenters.